The van der Waals surface area contributed by atoms with E-state index in [0.717, 1.165) is 3.98 Å². The summed E-state index contributed by atoms with van der Waals surface area (Å²) in [5.74, 6) is 0. The molecule has 0 aliphatic carbocycles. The molecule has 3 nitrogen and oxygen atoms in total. The van der Waals surface area contributed by atoms with Gasteiger partial charge in [0, 0.05) is 0 Å². The predicted octanol–water partition coefficient (Wildman–Crippen LogP) is -0.877. The van der Waals surface area contributed by atoms with Crippen LogP contribution >= 0.6 is 0 Å². The molecule has 0 saturated heterocycles. The highest BCUT2D eigenvalue weighted by atomic mass is 32.2. The van der Waals surface area contributed by atoms with Gasteiger partial charge in [-0.15, -0.1) is 0 Å². The number of hydrogen-bond acceptors (Lipinski definition) is 2. The van der Waals surface area contributed by atoms with Crippen molar-refractivity contribution in [1.82, 2.24) is 0 Å². The molecule has 1 unspecified atom stereocenters. The van der Waals surface area contributed by atoms with E-state index in [1.807, 2.05) is 0 Å². The maximum atomic E-state index is 9.56. The summed E-state index contributed by atoms with van der Waals surface area (Å²) >= 11 is -2.15. The van der Waals surface area contributed by atoms with E-state index in [9.17, 15) is 8.76 Å². The Morgan fingerprint density at radius 3 is 2.17 bits per heavy atom. The summed E-state index contributed by atoms with van der Waals surface area (Å²) in [6, 6.07) is 0. The van der Waals surface area contributed by atoms with E-state index in [-0.39, 0.29) is 0 Å². The molecule has 0 fully saturated rings. The molecule has 0 aromatic rings. The van der Waals surface area contributed by atoms with E-state index < -0.39 is 11.3 Å². The normalized spacial score (nSPS) is 13.7. The van der Waals surface area contributed by atoms with Crippen molar-refractivity contribution in [2.24, 2.45) is 0 Å². The zero-order valence-corrected chi connectivity index (χ0v) is 4.20. The third kappa shape index (κ3) is 2.04. The standard InChI is InChI=1S/C2H5NO2S/c1-3(2)6(4)5/h1H2,2H3. The third-order valence-corrected chi connectivity index (χ3v) is 0.763. The van der Waals surface area contributed by atoms with Gasteiger partial charge >= 0.3 is 0 Å². The maximum Gasteiger partial charge on any atom is 0.225 e. The average molecular weight is 107 g/mol. The monoisotopic (exact) mass is 107 g/mol. The molecule has 0 amide bonds. The fourth-order valence-corrected chi connectivity index (χ4v) is 0. The Morgan fingerprint density at radius 2 is 2.17 bits per heavy atom. The lowest BCUT2D eigenvalue weighted by molar-refractivity contribution is -0.317. The van der Waals surface area contributed by atoms with Crippen LogP contribution in [-0.2, 0) is 11.3 Å². The molecular weight excluding hydrogens is 102 g/mol. The van der Waals surface area contributed by atoms with E-state index >= 15 is 0 Å². The van der Waals surface area contributed by atoms with Crippen LogP contribution in [0.3, 0.4) is 0 Å². The molecule has 0 rings (SSSR count). The van der Waals surface area contributed by atoms with E-state index in [2.05, 4.69) is 6.72 Å². The fraction of sp³-hybridized carbons (Fsp3) is 0.500. The minimum absolute atomic E-state index is 0.833. The number of nitrogens with zero attached hydrogens (tertiary/aromatic N) is 1. The van der Waals surface area contributed by atoms with Gasteiger partial charge in [0.2, 0.25) is 11.3 Å². The first-order valence-electron chi connectivity index (χ1n) is 1.28. The number of hydrogen-bond donors (Lipinski definition) is 0. The lowest BCUT2D eigenvalue weighted by Gasteiger charge is -1.90. The quantitative estimate of drug-likeness (QED) is 0.248. The van der Waals surface area contributed by atoms with Crippen molar-refractivity contribution in [2.75, 3.05) is 7.05 Å². The summed E-state index contributed by atoms with van der Waals surface area (Å²) < 4.78 is 20.0. The molecule has 0 aromatic carbocycles. The summed E-state index contributed by atoms with van der Waals surface area (Å²) in [4.78, 5) is 0. The van der Waals surface area contributed by atoms with Crippen LogP contribution in [0.5, 0.6) is 0 Å². The zero-order valence-electron chi connectivity index (χ0n) is 3.38. The van der Waals surface area contributed by atoms with Crippen molar-refractivity contribution in [3.8, 4) is 0 Å². The van der Waals surface area contributed by atoms with Crippen LogP contribution in [0.4, 0.5) is 0 Å². The van der Waals surface area contributed by atoms with Crippen molar-refractivity contribution in [2.45, 2.75) is 0 Å². The maximum absolute atomic E-state index is 9.56. The third-order valence-electron chi connectivity index (χ3n) is 0.254. The Balaban J connectivity index is 3.57. The molecule has 6 heavy (non-hydrogen) atoms. The van der Waals surface area contributed by atoms with Crippen molar-refractivity contribution in [1.29, 1.82) is 0 Å². The molecule has 0 saturated carbocycles. The molecule has 0 radical (unpaired) electrons. The molecule has 4 heteroatoms. The van der Waals surface area contributed by atoms with E-state index in [4.69, 9.17) is 0 Å². The van der Waals surface area contributed by atoms with Gasteiger partial charge in [0.05, 0.1) is 0 Å². The molecular formula is C2H5NO2S. The smallest absolute Gasteiger partial charge is 0.225 e. The summed E-state index contributed by atoms with van der Waals surface area (Å²) in [6.45, 7) is 3.06. The Bertz CT molecular complexity index is 77.5. The van der Waals surface area contributed by atoms with Crippen LogP contribution in [0, 0.1) is 0 Å². The van der Waals surface area contributed by atoms with Crippen LogP contribution < -0.4 is 0 Å². The first-order valence-corrected chi connectivity index (χ1v) is 2.31. The van der Waals surface area contributed by atoms with Gasteiger partial charge in [0.1, 0.15) is 13.8 Å². The average Bonchev–Trinajstić information content (AvgIpc) is 1.36. The largest absolute Gasteiger partial charge is 0.716 e. The second-order valence-electron chi connectivity index (χ2n) is 0.845. The summed E-state index contributed by atoms with van der Waals surface area (Å²) in [5, 5.41) is 0. The van der Waals surface area contributed by atoms with E-state index in [1.54, 1.807) is 0 Å². The van der Waals surface area contributed by atoms with Crippen LogP contribution in [0.2, 0.25) is 0 Å². The van der Waals surface area contributed by atoms with Crippen LogP contribution in [0.1, 0.15) is 0 Å². The van der Waals surface area contributed by atoms with Crippen molar-refractivity contribution < 1.29 is 12.7 Å². The predicted molar refractivity (Wildman–Crippen MR) is 22.2 cm³/mol. The fourth-order valence-electron chi connectivity index (χ4n) is 0. The SMILES string of the molecule is C=[N+](C)S(=O)[O-]. The first-order chi connectivity index (χ1) is 2.64. The molecule has 0 heterocycles. The molecule has 0 spiro atoms. The summed E-state index contributed by atoms with van der Waals surface area (Å²) in [7, 11) is 1.35. The summed E-state index contributed by atoms with van der Waals surface area (Å²) in [5.41, 5.74) is 0. The number of rotatable bonds is 1. The van der Waals surface area contributed by atoms with Crippen LogP contribution in [-0.4, -0.2) is 26.5 Å². The Hall–Kier alpha value is -0.220. The van der Waals surface area contributed by atoms with Crippen LogP contribution in [0.15, 0.2) is 0 Å². The van der Waals surface area contributed by atoms with E-state index in [0.29, 0.717) is 0 Å². The van der Waals surface area contributed by atoms with Gasteiger partial charge in [-0.1, -0.05) is 0 Å². The van der Waals surface area contributed by atoms with Crippen molar-refractivity contribution in [3.63, 3.8) is 0 Å². The van der Waals surface area contributed by atoms with E-state index in [1.165, 1.54) is 7.05 Å². The Morgan fingerprint density at radius 1 is 2.00 bits per heavy atom. The highest BCUT2D eigenvalue weighted by molar-refractivity contribution is 7.72. The van der Waals surface area contributed by atoms with Crippen molar-refractivity contribution >= 4 is 18.0 Å². The molecule has 0 aliphatic heterocycles. The molecule has 0 N–H and O–H groups in total. The minimum Gasteiger partial charge on any atom is -0.716 e. The van der Waals surface area contributed by atoms with Crippen molar-refractivity contribution in [3.05, 3.63) is 0 Å². The lowest BCUT2D eigenvalue weighted by Crippen LogP contribution is -2.04. The van der Waals surface area contributed by atoms with Gasteiger partial charge in [0.15, 0.2) is 0 Å². The van der Waals surface area contributed by atoms with Gasteiger partial charge in [-0.2, -0.15) is 3.98 Å². The van der Waals surface area contributed by atoms with Gasteiger partial charge in [0.25, 0.3) is 0 Å². The lowest BCUT2D eigenvalue weighted by atomic mass is 11.4. The topological polar surface area (TPSA) is 43.1 Å². The molecule has 1 atom stereocenters. The van der Waals surface area contributed by atoms with Gasteiger partial charge in [-0.05, 0) is 0 Å². The second kappa shape index (κ2) is 2.04. The van der Waals surface area contributed by atoms with Crippen LogP contribution in [0.25, 0.3) is 0 Å². The Kier molecular flexibility index (Phi) is 1.97. The highest BCUT2D eigenvalue weighted by Gasteiger charge is 1.81. The zero-order chi connectivity index (χ0) is 5.15. The highest BCUT2D eigenvalue weighted by Crippen LogP contribution is 1.63. The first kappa shape index (κ1) is 5.78. The molecule has 0 aromatic heterocycles. The van der Waals surface area contributed by atoms with Gasteiger partial charge < -0.3 is 4.55 Å². The second-order valence-corrected chi connectivity index (χ2v) is 1.90. The van der Waals surface area contributed by atoms with Gasteiger partial charge in [-0.3, -0.25) is 0 Å². The summed E-state index contributed by atoms with van der Waals surface area (Å²) in [6.07, 6.45) is 0. The molecule has 36 valence electrons. The Labute approximate surface area is 38.7 Å². The molecule has 0 aliphatic rings. The molecule has 0 bridgehead atoms. The van der Waals surface area contributed by atoms with Gasteiger partial charge in [-0.25, -0.2) is 4.21 Å². The minimum atomic E-state index is -2.15.